The summed E-state index contributed by atoms with van der Waals surface area (Å²) in [6.07, 6.45) is 1.95. The summed E-state index contributed by atoms with van der Waals surface area (Å²) in [5, 5.41) is 8.02. The zero-order chi connectivity index (χ0) is 14.5. The number of thioether (sulfide) groups is 2. The van der Waals surface area contributed by atoms with E-state index in [1.165, 1.54) is 23.1 Å². The number of halogens is 1. The van der Waals surface area contributed by atoms with Gasteiger partial charge >= 0.3 is 0 Å². The minimum atomic E-state index is 0.0549. The lowest BCUT2D eigenvalue weighted by molar-refractivity contribution is 0.102. The van der Waals surface area contributed by atoms with Gasteiger partial charge in [-0.15, -0.1) is 10.2 Å². The molecule has 20 heavy (non-hydrogen) atoms. The van der Waals surface area contributed by atoms with E-state index in [0.29, 0.717) is 17.1 Å². The molecule has 106 valence electrons. The van der Waals surface area contributed by atoms with E-state index in [-0.39, 0.29) is 5.78 Å². The maximum atomic E-state index is 12.1. The molecule has 1 heterocycles. The first-order chi connectivity index (χ1) is 9.63. The molecule has 0 saturated heterocycles. The molecule has 1 aromatic carbocycles. The molecule has 0 aliphatic rings. The van der Waals surface area contributed by atoms with Gasteiger partial charge in [-0.1, -0.05) is 34.9 Å². The zero-order valence-corrected chi connectivity index (χ0v) is 14.8. The molecule has 2 aromatic rings. The molecule has 0 amide bonds. The molecule has 0 radical (unpaired) electrons. The molecule has 0 bridgehead atoms. The van der Waals surface area contributed by atoms with Crippen molar-refractivity contribution in [3.8, 4) is 5.75 Å². The lowest BCUT2D eigenvalue weighted by Crippen LogP contribution is -2.02. The van der Waals surface area contributed by atoms with Crippen LogP contribution < -0.4 is 4.74 Å². The topological polar surface area (TPSA) is 52.1 Å². The molecule has 0 fully saturated rings. The van der Waals surface area contributed by atoms with Gasteiger partial charge in [-0.2, -0.15) is 0 Å². The largest absolute Gasteiger partial charge is 0.496 e. The molecular weight excluding hydrogens is 380 g/mol. The molecule has 8 heteroatoms. The number of benzene rings is 1. The Bertz CT molecular complexity index is 618. The smallest absolute Gasteiger partial charge is 0.175 e. The van der Waals surface area contributed by atoms with Crippen LogP contribution in [0.15, 0.2) is 31.4 Å². The van der Waals surface area contributed by atoms with Crippen molar-refractivity contribution in [3.63, 3.8) is 0 Å². The van der Waals surface area contributed by atoms with Crippen molar-refractivity contribution in [2.24, 2.45) is 0 Å². The van der Waals surface area contributed by atoms with Crippen LogP contribution in [0.25, 0.3) is 0 Å². The van der Waals surface area contributed by atoms with Crippen molar-refractivity contribution in [3.05, 3.63) is 28.2 Å². The predicted molar refractivity (Wildman–Crippen MR) is 87.4 cm³/mol. The Morgan fingerprint density at radius 2 is 2.15 bits per heavy atom. The van der Waals surface area contributed by atoms with Gasteiger partial charge in [0.05, 0.1) is 17.3 Å². The Morgan fingerprint density at radius 1 is 1.40 bits per heavy atom. The first-order valence-electron chi connectivity index (χ1n) is 5.51. The van der Waals surface area contributed by atoms with E-state index in [2.05, 4.69) is 26.1 Å². The van der Waals surface area contributed by atoms with Crippen molar-refractivity contribution in [1.82, 2.24) is 10.2 Å². The summed E-state index contributed by atoms with van der Waals surface area (Å²) in [5.41, 5.74) is 0.653. The van der Waals surface area contributed by atoms with Crippen molar-refractivity contribution in [2.75, 3.05) is 19.1 Å². The number of methoxy groups -OCH3 is 1. The third-order valence-electron chi connectivity index (χ3n) is 2.36. The molecule has 0 aliphatic heterocycles. The van der Waals surface area contributed by atoms with Crippen LogP contribution in [0.4, 0.5) is 0 Å². The molecular formula is C12H11BrN2O2S3. The summed E-state index contributed by atoms with van der Waals surface area (Å²) < 4.78 is 7.64. The number of rotatable bonds is 6. The third-order valence-corrected chi connectivity index (χ3v) is 6.01. The van der Waals surface area contributed by atoms with E-state index in [4.69, 9.17) is 4.74 Å². The number of nitrogens with zero attached hydrogens (tertiary/aromatic N) is 2. The lowest BCUT2D eigenvalue weighted by atomic mass is 10.1. The number of hydrogen-bond acceptors (Lipinski definition) is 7. The number of Topliss-reactive ketones (excluding diaryl/α,β-unsaturated/α-hetero) is 1. The van der Waals surface area contributed by atoms with E-state index in [1.54, 1.807) is 37.1 Å². The number of ketones is 1. The van der Waals surface area contributed by atoms with E-state index in [1.807, 2.05) is 6.26 Å². The molecule has 0 spiro atoms. The van der Waals surface area contributed by atoms with Crippen molar-refractivity contribution in [1.29, 1.82) is 0 Å². The Balaban J connectivity index is 1.99. The third kappa shape index (κ3) is 3.97. The maximum absolute atomic E-state index is 12.1. The van der Waals surface area contributed by atoms with E-state index < -0.39 is 0 Å². The first-order valence-corrected chi connectivity index (χ1v) is 9.33. The zero-order valence-electron chi connectivity index (χ0n) is 10.8. The molecule has 2 rings (SSSR count). The Hall–Kier alpha value is -0.570. The summed E-state index contributed by atoms with van der Waals surface area (Å²) in [6.45, 7) is 0. The fourth-order valence-electron chi connectivity index (χ4n) is 1.39. The minimum absolute atomic E-state index is 0.0549. The Labute approximate surface area is 137 Å². The van der Waals surface area contributed by atoms with Crippen LogP contribution in [0.1, 0.15) is 10.4 Å². The van der Waals surface area contributed by atoms with Crippen LogP contribution in [0.2, 0.25) is 0 Å². The van der Waals surface area contributed by atoms with Crippen molar-refractivity contribution < 1.29 is 9.53 Å². The van der Waals surface area contributed by atoms with Gasteiger partial charge < -0.3 is 4.74 Å². The number of carbonyl (C=O) groups is 1. The Morgan fingerprint density at radius 3 is 2.75 bits per heavy atom. The molecule has 0 saturated carbocycles. The summed E-state index contributed by atoms with van der Waals surface area (Å²) in [7, 11) is 1.59. The van der Waals surface area contributed by atoms with Gasteiger partial charge in [-0.3, -0.25) is 4.79 Å². The number of carbonyl (C=O) groups excluding carboxylic acids is 1. The molecule has 0 unspecified atom stereocenters. The monoisotopic (exact) mass is 390 g/mol. The van der Waals surface area contributed by atoms with Crippen molar-refractivity contribution >= 4 is 56.6 Å². The quantitative estimate of drug-likeness (QED) is 0.548. The fraction of sp³-hybridized carbons (Fsp3) is 0.250. The van der Waals surface area contributed by atoms with Crippen LogP contribution >= 0.6 is 50.8 Å². The second-order valence-electron chi connectivity index (χ2n) is 3.60. The average molecular weight is 391 g/mol. The summed E-state index contributed by atoms with van der Waals surface area (Å²) >= 11 is 7.84. The molecule has 0 atom stereocenters. The van der Waals surface area contributed by atoms with Gasteiger partial charge in [0.15, 0.2) is 14.5 Å². The fourth-order valence-corrected chi connectivity index (χ4v) is 4.26. The van der Waals surface area contributed by atoms with E-state index in [9.17, 15) is 4.79 Å². The minimum Gasteiger partial charge on any atom is -0.496 e. The van der Waals surface area contributed by atoms with Gasteiger partial charge in [0, 0.05) is 5.56 Å². The maximum Gasteiger partial charge on any atom is 0.175 e. The number of ether oxygens (including phenoxy) is 1. The van der Waals surface area contributed by atoms with Crippen LogP contribution in [0.5, 0.6) is 5.75 Å². The van der Waals surface area contributed by atoms with Gasteiger partial charge in [0.1, 0.15) is 5.75 Å². The van der Waals surface area contributed by atoms with Gasteiger partial charge in [-0.05, 0) is 40.4 Å². The van der Waals surface area contributed by atoms with E-state index in [0.717, 1.165) is 13.2 Å². The molecule has 1 aromatic heterocycles. The highest BCUT2D eigenvalue weighted by molar-refractivity contribution is 9.10. The lowest BCUT2D eigenvalue weighted by Gasteiger charge is -2.05. The van der Waals surface area contributed by atoms with E-state index >= 15 is 0 Å². The SMILES string of the molecule is COc1ccc(C(=O)CSc2nnc(SC)s2)cc1Br. The highest BCUT2D eigenvalue weighted by Crippen LogP contribution is 2.29. The van der Waals surface area contributed by atoms with Gasteiger partial charge in [0.25, 0.3) is 0 Å². The summed E-state index contributed by atoms with van der Waals surface area (Å²) in [5.74, 6) is 1.11. The van der Waals surface area contributed by atoms with Crippen LogP contribution in [0, 0.1) is 0 Å². The first kappa shape index (κ1) is 15.8. The second-order valence-corrected chi connectivity index (χ2v) is 7.71. The normalized spacial score (nSPS) is 10.6. The predicted octanol–water partition coefficient (Wildman–Crippen LogP) is 4.01. The molecule has 4 nitrogen and oxygen atoms in total. The standard InChI is InChI=1S/C12H11BrN2O2S3/c1-17-10-4-3-7(5-8(10)13)9(16)6-19-12-15-14-11(18-2)20-12/h3-5H,6H2,1-2H3. The van der Waals surface area contributed by atoms with Crippen LogP contribution in [0.3, 0.4) is 0 Å². The van der Waals surface area contributed by atoms with Gasteiger partial charge in [-0.25, -0.2) is 0 Å². The van der Waals surface area contributed by atoms with Gasteiger partial charge in [0.2, 0.25) is 0 Å². The molecule has 0 aliphatic carbocycles. The second kappa shape index (κ2) is 7.44. The summed E-state index contributed by atoms with van der Waals surface area (Å²) in [4.78, 5) is 12.1. The summed E-state index contributed by atoms with van der Waals surface area (Å²) in [6, 6.07) is 5.31. The Kier molecular flexibility index (Phi) is 5.88. The number of aromatic nitrogens is 2. The highest BCUT2D eigenvalue weighted by atomic mass is 79.9. The highest BCUT2D eigenvalue weighted by Gasteiger charge is 2.11. The van der Waals surface area contributed by atoms with Crippen LogP contribution in [-0.4, -0.2) is 35.1 Å². The average Bonchev–Trinajstić information content (AvgIpc) is 2.92. The number of hydrogen-bond donors (Lipinski definition) is 0. The van der Waals surface area contributed by atoms with Crippen molar-refractivity contribution in [2.45, 2.75) is 8.68 Å². The van der Waals surface area contributed by atoms with Crippen LogP contribution in [-0.2, 0) is 0 Å². The molecule has 0 N–H and O–H groups in total.